The maximum atomic E-state index is 13.2. The number of nitrogens with zero attached hydrogens (tertiary/aromatic N) is 1. The third-order valence-electron chi connectivity index (χ3n) is 7.70. The normalized spacial score (nSPS) is 13.2. The Morgan fingerprint density at radius 2 is 1.59 bits per heavy atom. The van der Waals surface area contributed by atoms with Crippen molar-refractivity contribution in [3.8, 4) is 28.4 Å². The van der Waals surface area contributed by atoms with E-state index in [0.717, 1.165) is 17.7 Å². The van der Waals surface area contributed by atoms with E-state index in [9.17, 15) is 23.1 Å². The lowest BCUT2D eigenvalue weighted by Crippen LogP contribution is -2.10. The fraction of sp³-hybridized carbons (Fsp3) is 0.229. The van der Waals surface area contributed by atoms with Crippen molar-refractivity contribution in [2.24, 2.45) is 5.92 Å². The van der Waals surface area contributed by atoms with Crippen LogP contribution in [0.25, 0.3) is 22.0 Å². The number of carboxylic acids is 1. The van der Waals surface area contributed by atoms with Gasteiger partial charge in [-0.25, -0.2) is 4.79 Å². The van der Waals surface area contributed by atoms with Gasteiger partial charge >= 0.3 is 12.1 Å². The molecule has 5 aromatic rings. The molecule has 1 aliphatic rings. The van der Waals surface area contributed by atoms with Gasteiger partial charge in [-0.05, 0) is 90.0 Å². The van der Waals surface area contributed by atoms with E-state index in [0.29, 0.717) is 57.4 Å². The third-order valence-corrected chi connectivity index (χ3v) is 7.70. The van der Waals surface area contributed by atoms with Crippen LogP contribution in [0, 0.1) is 5.92 Å². The summed E-state index contributed by atoms with van der Waals surface area (Å²) in [4.78, 5) is 12.9. The first-order chi connectivity index (χ1) is 21.2. The molecule has 1 fully saturated rings. The number of aromatic nitrogens is 1. The molecule has 0 atom stereocenters. The zero-order valence-electron chi connectivity index (χ0n) is 23.9. The van der Waals surface area contributed by atoms with E-state index in [4.69, 9.17) is 14.2 Å². The van der Waals surface area contributed by atoms with Crippen LogP contribution in [-0.2, 0) is 19.3 Å². The van der Waals surface area contributed by atoms with Crippen LogP contribution in [0.1, 0.15) is 40.0 Å². The summed E-state index contributed by atoms with van der Waals surface area (Å²) in [5.41, 5.74) is 2.43. The van der Waals surface area contributed by atoms with E-state index in [1.807, 2.05) is 48.5 Å². The number of hydrogen-bond acceptors (Lipinski definition) is 4. The smallest absolute Gasteiger partial charge is 0.416 e. The lowest BCUT2D eigenvalue weighted by Gasteiger charge is -2.11. The first-order valence-corrected chi connectivity index (χ1v) is 14.2. The summed E-state index contributed by atoms with van der Waals surface area (Å²) in [6.45, 7) is 0.836. The molecule has 0 bridgehead atoms. The van der Waals surface area contributed by atoms with E-state index < -0.39 is 17.7 Å². The monoisotopic (exact) mass is 601 g/mol. The van der Waals surface area contributed by atoms with Crippen molar-refractivity contribution in [3.05, 3.63) is 113 Å². The van der Waals surface area contributed by atoms with E-state index >= 15 is 0 Å². The van der Waals surface area contributed by atoms with Gasteiger partial charge in [-0.3, -0.25) is 0 Å². The van der Waals surface area contributed by atoms with Crippen molar-refractivity contribution >= 4 is 16.9 Å². The van der Waals surface area contributed by atoms with Gasteiger partial charge in [-0.1, -0.05) is 36.4 Å². The second-order valence-electron chi connectivity index (χ2n) is 10.9. The number of rotatable bonds is 11. The molecule has 4 aromatic carbocycles. The number of alkyl halides is 3. The van der Waals surface area contributed by atoms with E-state index in [-0.39, 0.29) is 18.8 Å². The standard InChI is InChI=1S/C35H30F3NO5/c1-42-28-7-3-4-23(17-28)19-39-31-15-14-29(44-21-24-5-2-6-26(16-24)35(36,37)38)18-30(31)32(33(39)34(40)41)25-10-12-27(13-11-25)43-20-22-8-9-22/h2-7,10-18,22H,8-9,19-21H2,1H3,(H,40,41). The Morgan fingerprint density at radius 3 is 2.30 bits per heavy atom. The largest absolute Gasteiger partial charge is 0.497 e. The fourth-order valence-electron chi connectivity index (χ4n) is 5.28. The molecule has 0 radical (unpaired) electrons. The summed E-state index contributed by atoms with van der Waals surface area (Å²) in [5.74, 6) is 1.26. The Kier molecular flexibility index (Phi) is 7.95. The highest BCUT2D eigenvalue weighted by atomic mass is 19.4. The maximum Gasteiger partial charge on any atom is 0.416 e. The second kappa shape index (κ2) is 12.0. The highest BCUT2D eigenvalue weighted by Gasteiger charge is 2.30. The van der Waals surface area contributed by atoms with Gasteiger partial charge in [-0.15, -0.1) is 0 Å². The minimum absolute atomic E-state index is 0.0892. The van der Waals surface area contributed by atoms with Crippen LogP contribution in [-0.4, -0.2) is 29.4 Å². The number of hydrogen-bond donors (Lipinski definition) is 1. The van der Waals surface area contributed by atoms with Gasteiger partial charge in [0.2, 0.25) is 0 Å². The van der Waals surface area contributed by atoms with E-state index in [1.54, 1.807) is 35.9 Å². The molecule has 6 rings (SSSR count). The molecule has 1 aliphatic carbocycles. The minimum Gasteiger partial charge on any atom is -0.497 e. The molecule has 1 heterocycles. The van der Waals surface area contributed by atoms with Crippen LogP contribution in [0.4, 0.5) is 13.2 Å². The van der Waals surface area contributed by atoms with Crippen LogP contribution in [0.15, 0.2) is 91.0 Å². The molecule has 0 spiro atoms. The number of halogens is 3. The molecular formula is C35H30F3NO5. The number of ether oxygens (including phenoxy) is 3. The van der Waals surface area contributed by atoms with Crippen molar-refractivity contribution in [2.45, 2.75) is 32.2 Å². The molecule has 6 nitrogen and oxygen atoms in total. The van der Waals surface area contributed by atoms with Crippen LogP contribution < -0.4 is 14.2 Å². The first-order valence-electron chi connectivity index (χ1n) is 14.2. The summed E-state index contributed by atoms with van der Waals surface area (Å²) in [6, 6.07) is 25.0. The molecule has 0 amide bonds. The molecule has 0 aliphatic heterocycles. The number of carboxylic acid groups (broad SMARTS) is 1. The zero-order valence-corrected chi connectivity index (χ0v) is 23.9. The van der Waals surface area contributed by atoms with Crippen molar-refractivity contribution in [2.75, 3.05) is 13.7 Å². The Hall–Kier alpha value is -4.92. The number of carbonyl (C=O) groups is 1. The Bertz CT molecular complexity index is 1810. The summed E-state index contributed by atoms with van der Waals surface area (Å²) in [6.07, 6.45) is -2.11. The molecule has 1 saturated carbocycles. The van der Waals surface area contributed by atoms with Crippen LogP contribution in [0.3, 0.4) is 0 Å². The minimum atomic E-state index is -4.46. The maximum absolute atomic E-state index is 13.2. The summed E-state index contributed by atoms with van der Waals surface area (Å²) >= 11 is 0. The first kappa shape index (κ1) is 29.2. The lowest BCUT2D eigenvalue weighted by molar-refractivity contribution is -0.137. The quantitative estimate of drug-likeness (QED) is 0.165. The average Bonchev–Trinajstić information content (AvgIpc) is 3.80. The molecule has 0 unspecified atom stereocenters. The third kappa shape index (κ3) is 6.37. The second-order valence-corrected chi connectivity index (χ2v) is 10.9. The summed E-state index contributed by atoms with van der Waals surface area (Å²) in [5, 5.41) is 11.2. The average molecular weight is 602 g/mol. The van der Waals surface area contributed by atoms with Gasteiger partial charge in [0, 0.05) is 23.0 Å². The fourth-order valence-corrected chi connectivity index (χ4v) is 5.28. The van der Waals surface area contributed by atoms with Crippen LogP contribution >= 0.6 is 0 Å². The molecule has 1 aromatic heterocycles. The van der Waals surface area contributed by atoms with Crippen LogP contribution in [0.2, 0.25) is 0 Å². The summed E-state index contributed by atoms with van der Waals surface area (Å²) in [7, 11) is 1.57. The molecule has 44 heavy (non-hydrogen) atoms. The van der Waals surface area contributed by atoms with Gasteiger partial charge < -0.3 is 23.9 Å². The van der Waals surface area contributed by atoms with Crippen molar-refractivity contribution in [1.82, 2.24) is 4.57 Å². The summed E-state index contributed by atoms with van der Waals surface area (Å²) < 4.78 is 58.6. The van der Waals surface area contributed by atoms with Gasteiger partial charge in [0.15, 0.2) is 0 Å². The van der Waals surface area contributed by atoms with Crippen molar-refractivity contribution in [1.29, 1.82) is 0 Å². The topological polar surface area (TPSA) is 69.9 Å². The highest BCUT2D eigenvalue weighted by molar-refractivity contribution is 6.08. The Balaban J connectivity index is 1.40. The van der Waals surface area contributed by atoms with Crippen molar-refractivity contribution < 1.29 is 37.3 Å². The molecule has 9 heteroatoms. The van der Waals surface area contributed by atoms with E-state index in [2.05, 4.69) is 0 Å². The molecule has 1 N–H and O–H groups in total. The van der Waals surface area contributed by atoms with E-state index in [1.165, 1.54) is 18.9 Å². The number of benzene rings is 4. The Morgan fingerprint density at radius 1 is 0.864 bits per heavy atom. The molecule has 226 valence electrons. The SMILES string of the molecule is COc1cccc(Cn2c(C(=O)O)c(-c3ccc(OCC4CC4)cc3)c3cc(OCc4cccc(C(F)(F)F)c4)ccc32)c1. The highest BCUT2D eigenvalue weighted by Crippen LogP contribution is 2.39. The van der Waals surface area contributed by atoms with Gasteiger partial charge in [0.1, 0.15) is 29.5 Å². The lowest BCUT2D eigenvalue weighted by atomic mass is 10.0. The van der Waals surface area contributed by atoms with Crippen LogP contribution in [0.5, 0.6) is 17.2 Å². The zero-order chi connectivity index (χ0) is 30.8. The Labute approximate surface area is 252 Å². The predicted molar refractivity (Wildman–Crippen MR) is 160 cm³/mol. The number of fused-ring (bicyclic) bond motifs is 1. The molecular weight excluding hydrogens is 571 g/mol. The molecule has 0 saturated heterocycles. The number of methoxy groups -OCH3 is 1. The van der Waals surface area contributed by atoms with Gasteiger partial charge in [-0.2, -0.15) is 13.2 Å². The van der Waals surface area contributed by atoms with Crippen molar-refractivity contribution in [3.63, 3.8) is 0 Å². The van der Waals surface area contributed by atoms with Gasteiger partial charge in [0.25, 0.3) is 0 Å². The van der Waals surface area contributed by atoms with Gasteiger partial charge in [0.05, 0.1) is 19.3 Å². The number of aromatic carboxylic acids is 1. The predicted octanol–water partition coefficient (Wildman–Crippen LogP) is 8.45.